The van der Waals surface area contributed by atoms with Gasteiger partial charge in [0.1, 0.15) is 0 Å². The van der Waals surface area contributed by atoms with Gasteiger partial charge in [-0.3, -0.25) is 14.8 Å². The summed E-state index contributed by atoms with van der Waals surface area (Å²) in [6.45, 7) is 4.85. The standard InChI is InChI=1S/C22H18BrN3O/c1-22(2)10-17-20-18(11-22)26(12-14-5-3-4-8-24-14)21(27)19(20)15-9-13(23)6-7-16(15)25-17/h3-9,11H,10,12H2,1-2H3. The number of pyridine rings is 2. The Hall–Kier alpha value is -2.53. The number of rotatable bonds is 2. The van der Waals surface area contributed by atoms with E-state index in [1.165, 1.54) is 0 Å². The van der Waals surface area contributed by atoms with Crippen molar-refractivity contribution >= 4 is 38.4 Å². The first-order chi connectivity index (χ1) is 12.9. The van der Waals surface area contributed by atoms with Crippen molar-refractivity contribution in [1.82, 2.24) is 14.9 Å². The quantitative estimate of drug-likeness (QED) is 0.588. The number of fused-ring (bicyclic) bond motifs is 2. The van der Waals surface area contributed by atoms with Gasteiger partial charge in [-0.15, -0.1) is 0 Å². The molecule has 5 rings (SSSR count). The van der Waals surface area contributed by atoms with Crippen LogP contribution in [0.2, 0.25) is 0 Å². The Labute approximate surface area is 166 Å². The molecule has 3 aromatic rings. The summed E-state index contributed by atoms with van der Waals surface area (Å²) in [5, 5.41) is 0.905. The van der Waals surface area contributed by atoms with Crippen LogP contribution in [0.3, 0.4) is 0 Å². The molecular weight excluding hydrogens is 402 g/mol. The van der Waals surface area contributed by atoms with Gasteiger partial charge in [-0.2, -0.15) is 0 Å². The molecule has 5 heteroatoms. The maximum atomic E-state index is 13.5. The minimum atomic E-state index is -0.0529. The van der Waals surface area contributed by atoms with E-state index in [1.54, 1.807) is 6.20 Å². The molecule has 0 fully saturated rings. The highest BCUT2D eigenvalue weighted by molar-refractivity contribution is 9.10. The van der Waals surface area contributed by atoms with Crippen LogP contribution in [0.25, 0.3) is 16.6 Å². The van der Waals surface area contributed by atoms with Crippen LogP contribution >= 0.6 is 15.9 Å². The molecule has 1 aliphatic heterocycles. The smallest absolute Gasteiger partial charge is 0.260 e. The summed E-state index contributed by atoms with van der Waals surface area (Å²) >= 11 is 3.54. The molecule has 0 saturated carbocycles. The molecule has 0 radical (unpaired) electrons. The Kier molecular flexibility index (Phi) is 3.53. The van der Waals surface area contributed by atoms with Gasteiger partial charge in [0.25, 0.3) is 5.91 Å². The molecule has 2 aromatic heterocycles. The molecule has 0 saturated heterocycles. The first kappa shape index (κ1) is 16.6. The SMILES string of the molecule is CC1(C)C=C2c3c(nc4ccc(Br)cc4c3C(=O)N2Cc2ccccn2)C1. The minimum Gasteiger partial charge on any atom is -0.302 e. The van der Waals surface area contributed by atoms with E-state index in [0.717, 1.165) is 50.0 Å². The van der Waals surface area contributed by atoms with Gasteiger partial charge in [0.2, 0.25) is 0 Å². The molecule has 0 atom stereocenters. The third-order valence-electron chi connectivity index (χ3n) is 5.22. The molecule has 0 unspecified atom stereocenters. The number of carbonyl (C=O) groups excluding carboxylic acids is 1. The fourth-order valence-corrected chi connectivity index (χ4v) is 4.47. The van der Waals surface area contributed by atoms with Crippen molar-refractivity contribution in [3.63, 3.8) is 0 Å². The number of amides is 1. The summed E-state index contributed by atoms with van der Waals surface area (Å²) in [6, 6.07) is 11.8. The average Bonchev–Trinajstić information content (AvgIpc) is 2.89. The molecule has 0 spiro atoms. The van der Waals surface area contributed by atoms with Gasteiger partial charge in [-0.1, -0.05) is 41.9 Å². The zero-order valence-electron chi connectivity index (χ0n) is 15.2. The lowest BCUT2D eigenvalue weighted by Crippen LogP contribution is -2.26. The van der Waals surface area contributed by atoms with Crippen molar-refractivity contribution in [3.05, 3.63) is 75.7 Å². The predicted octanol–water partition coefficient (Wildman–Crippen LogP) is 4.97. The Morgan fingerprint density at radius 2 is 2.04 bits per heavy atom. The number of hydrogen-bond acceptors (Lipinski definition) is 3. The van der Waals surface area contributed by atoms with Crippen molar-refractivity contribution in [2.45, 2.75) is 26.8 Å². The second-order valence-corrected chi connectivity index (χ2v) is 8.79. The van der Waals surface area contributed by atoms with E-state index >= 15 is 0 Å². The van der Waals surface area contributed by atoms with Crippen molar-refractivity contribution in [2.75, 3.05) is 0 Å². The number of nitrogens with zero attached hydrogens (tertiary/aromatic N) is 3. The zero-order chi connectivity index (χ0) is 18.8. The second-order valence-electron chi connectivity index (χ2n) is 7.88. The summed E-state index contributed by atoms with van der Waals surface area (Å²) in [5.74, 6) is 0.0337. The predicted molar refractivity (Wildman–Crippen MR) is 109 cm³/mol. The Morgan fingerprint density at radius 3 is 2.81 bits per heavy atom. The Balaban J connectivity index is 1.76. The van der Waals surface area contributed by atoms with E-state index < -0.39 is 0 Å². The molecular formula is C22H18BrN3O. The molecule has 0 N–H and O–H groups in total. The lowest BCUT2D eigenvalue weighted by atomic mass is 9.79. The molecule has 0 bridgehead atoms. The number of hydrogen-bond donors (Lipinski definition) is 0. The molecule has 1 aromatic carbocycles. The highest BCUT2D eigenvalue weighted by Gasteiger charge is 2.41. The van der Waals surface area contributed by atoms with Crippen LogP contribution in [-0.4, -0.2) is 20.8 Å². The van der Waals surface area contributed by atoms with E-state index in [-0.39, 0.29) is 11.3 Å². The van der Waals surface area contributed by atoms with Gasteiger partial charge in [0.15, 0.2) is 0 Å². The zero-order valence-corrected chi connectivity index (χ0v) is 16.7. The molecule has 1 aliphatic carbocycles. The van der Waals surface area contributed by atoms with E-state index in [0.29, 0.717) is 6.54 Å². The van der Waals surface area contributed by atoms with Gasteiger partial charge >= 0.3 is 0 Å². The van der Waals surface area contributed by atoms with Gasteiger partial charge in [0, 0.05) is 21.6 Å². The van der Waals surface area contributed by atoms with Gasteiger partial charge in [-0.25, -0.2) is 0 Å². The van der Waals surface area contributed by atoms with Crippen LogP contribution < -0.4 is 0 Å². The minimum absolute atomic E-state index is 0.0337. The highest BCUT2D eigenvalue weighted by Crippen LogP contribution is 2.46. The fraction of sp³-hybridized carbons (Fsp3) is 0.227. The van der Waals surface area contributed by atoms with Gasteiger partial charge < -0.3 is 4.90 Å². The largest absolute Gasteiger partial charge is 0.302 e. The summed E-state index contributed by atoms with van der Waals surface area (Å²) in [6.07, 6.45) is 4.81. The van der Waals surface area contributed by atoms with Crippen LogP contribution in [0.5, 0.6) is 0 Å². The molecule has 1 amide bonds. The van der Waals surface area contributed by atoms with E-state index in [1.807, 2.05) is 41.3 Å². The van der Waals surface area contributed by atoms with Crippen molar-refractivity contribution in [1.29, 1.82) is 0 Å². The van der Waals surface area contributed by atoms with E-state index in [9.17, 15) is 4.79 Å². The first-order valence-corrected chi connectivity index (χ1v) is 9.79. The number of carbonyl (C=O) groups is 1. The van der Waals surface area contributed by atoms with E-state index in [2.05, 4.69) is 40.8 Å². The first-order valence-electron chi connectivity index (χ1n) is 9.00. The van der Waals surface area contributed by atoms with Crippen LogP contribution in [-0.2, 0) is 13.0 Å². The van der Waals surface area contributed by atoms with Crippen LogP contribution in [0.15, 0.2) is 53.1 Å². The monoisotopic (exact) mass is 419 g/mol. The van der Waals surface area contributed by atoms with Crippen molar-refractivity contribution in [3.8, 4) is 0 Å². The molecule has 134 valence electrons. The normalized spacial score (nSPS) is 17.2. The lowest BCUT2D eigenvalue weighted by molar-refractivity contribution is 0.0842. The van der Waals surface area contributed by atoms with Gasteiger partial charge in [0.05, 0.1) is 34.7 Å². The summed E-state index contributed by atoms with van der Waals surface area (Å²) in [4.78, 5) is 24.7. The van der Waals surface area contributed by atoms with Crippen molar-refractivity contribution in [2.24, 2.45) is 5.41 Å². The third kappa shape index (κ3) is 2.60. The molecule has 4 nitrogen and oxygen atoms in total. The average molecular weight is 420 g/mol. The van der Waals surface area contributed by atoms with Crippen LogP contribution in [0.1, 0.15) is 41.2 Å². The highest BCUT2D eigenvalue weighted by atomic mass is 79.9. The Bertz CT molecular complexity index is 1140. The molecule has 27 heavy (non-hydrogen) atoms. The van der Waals surface area contributed by atoms with Gasteiger partial charge in [-0.05, 0) is 42.2 Å². The number of halogens is 1. The number of aromatic nitrogens is 2. The fourth-order valence-electron chi connectivity index (χ4n) is 4.10. The molecule has 3 heterocycles. The lowest BCUT2D eigenvalue weighted by Gasteiger charge is -2.30. The topological polar surface area (TPSA) is 46.1 Å². The maximum absolute atomic E-state index is 13.5. The summed E-state index contributed by atoms with van der Waals surface area (Å²) < 4.78 is 0.950. The third-order valence-corrected chi connectivity index (χ3v) is 5.72. The number of benzene rings is 1. The summed E-state index contributed by atoms with van der Waals surface area (Å²) in [7, 11) is 0. The summed E-state index contributed by atoms with van der Waals surface area (Å²) in [5.41, 5.74) is 5.46. The molecule has 2 aliphatic rings. The van der Waals surface area contributed by atoms with Crippen LogP contribution in [0, 0.1) is 5.41 Å². The second kappa shape index (κ2) is 5.73. The maximum Gasteiger partial charge on any atom is 0.260 e. The van der Waals surface area contributed by atoms with E-state index in [4.69, 9.17) is 4.98 Å². The number of allylic oxidation sites excluding steroid dienone is 1. The van der Waals surface area contributed by atoms with Crippen LogP contribution in [0.4, 0.5) is 0 Å². The van der Waals surface area contributed by atoms with Crippen molar-refractivity contribution < 1.29 is 4.79 Å². The Morgan fingerprint density at radius 1 is 1.19 bits per heavy atom.